The SMILES string of the molecule is O=C(NC[C@H]1CCCN(C(=O)c2ccncc2F)C1)c1ccccc1. The van der Waals surface area contributed by atoms with E-state index in [1.165, 1.54) is 12.3 Å². The van der Waals surface area contributed by atoms with Gasteiger partial charge < -0.3 is 10.2 Å². The lowest BCUT2D eigenvalue weighted by molar-refractivity contribution is 0.0666. The van der Waals surface area contributed by atoms with Gasteiger partial charge in [0.15, 0.2) is 5.82 Å². The zero-order chi connectivity index (χ0) is 17.6. The Morgan fingerprint density at radius 2 is 2.04 bits per heavy atom. The van der Waals surface area contributed by atoms with Gasteiger partial charge in [-0.2, -0.15) is 0 Å². The first-order valence-corrected chi connectivity index (χ1v) is 8.37. The molecule has 0 saturated carbocycles. The summed E-state index contributed by atoms with van der Waals surface area (Å²) in [7, 11) is 0. The highest BCUT2D eigenvalue weighted by Crippen LogP contribution is 2.19. The molecule has 5 nitrogen and oxygen atoms in total. The fraction of sp³-hybridized carbons (Fsp3) is 0.316. The van der Waals surface area contributed by atoms with Gasteiger partial charge in [-0.3, -0.25) is 14.6 Å². The standard InChI is InChI=1S/C19H20FN3O2/c20-17-12-21-9-8-16(17)19(25)23-10-4-5-14(13-23)11-22-18(24)15-6-2-1-3-7-15/h1-3,6-9,12,14H,4-5,10-11,13H2,(H,22,24)/t14-/m1/s1. The minimum Gasteiger partial charge on any atom is -0.352 e. The number of likely N-dealkylation sites (tertiary alicyclic amines) is 1. The van der Waals surface area contributed by atoms with E-state index in [4.69, 9.17) is 0 Å². The number of piperidine rings is 1. The number of nitrogens with one attached hydrogen (secondary N) is 1. The second kappa shape index (κ2) is 7.88. The zero-order valence-electron chi connectivity index (χ0n) is 13.8. The van der Waals surface area contributed by atoms with Gasteiger partial charge in [-0.1, -0.05) is 18.2 Å². The minimum absolute atomic E-state index is 0.0453. The van der Waals surface area contributed by atoms with E-state index in [1.54, 1.807) is 17.0 Å². The van der Waals surface area contributed by atoms with Crippen LogP contribution in [0, 0.1) is 11.7 Å². The van der Waals surface area contributed by atoms with Crippen LogP contribution < -0.4 is 5.32 Å². The lowest BCUT2D eigenvalue weighted by atomic mass is 9.97. The Morgan fingerprint density at radius 3 is 2.80 bits per heavy atom. The molecule has 1 aromatic carbocycles. The van der Waals surface area contributed by atoms with Gasteiger partial charge in [-0.15, -0.1) is 0 Å². The molecule has 25 heavy (non-hydrogen) atoms. The van der Waals surface area contributed by atoms with E-state index in [0.29, 0.717) is 25.2 Å². The number of hydrogen-bond donors (Lipinski definition) is 1. The maximum atomic E-state index is 13.8. The Hall–Kier alpha value is -2.76. The van der Waals surface area contributed by atoms with Crippen molar-refractivity contribution >= 4 is 11.8 Å². The Balaban J connectivity index is 1.57. The summed E-state index contributed by atoms with van der Waals surface area (Å²) in [5.74, 6) is -0.884. The van der Waals surface area contributed by atoms with Gasteiger partial charge in [0.2, 0.25) is 0 Å². The van der Waals surface area contributed by atoms with Crippen molar-refractivity contribution in [1.82, 2.24) is 15.2 Å². The predicted octanol–water partition coefficient (Wildman–Crippen LogP) is 2.50. The molecule has 1 atom stereocenters. The third-order valence-corrected chi connectivity index (χ3v) is 4.40. The molecule has 2 amide bonds. The molecule has 1 aromatic heterocycles. The van der Waals surface area contributed by atoms with E-state index >= 15 is 0 Å². The lowest BCUT2D eigenvalue weighted by Gasteiger charge is -2.33. The van der Waals surface area contributed by atoms with Crippen molar-refractivity contribution in [3.63, 3.8) is 0 Å². The summed E-state index contributed by atoms with van der Waals surface area (Å²) in [5.41, 5.74) is 0.661. The lowest BCUT2D eigenvalue weighted by Crippen LogP contribution is -2.44. The first-order chi connectivity index (χ1) is 12.1. The average molecular weight is 341 g/mol. The summed E-state index contributed by atoms with van der Waals surface area (Å²) in [6.45, 7) is 1.61. The van der Waals surface area contributed by atoms with Crippen molar-refractivity contribution in [2.75, 3.05) is 19.6 Å². The van der Waals surface area contributed by atoms with Crippen LogP contribution in [-0.4, -0.2) is 41.3 Å². The molecule has 2 aromatic rings. The number of carbonyl (C=O) groups excluding carboxylic acids is 2. The molecule has 0 spiro atoms. The van der Waals surface area contributed by atoms with E-state index in [2.05, 4.69) is 10.3 Å². The van der Waals surface area contributed by atoms with Gasteiger partial charge in [-0.25, -0.2) is 4.39 Å². The predicted molar refractivity (Wildman–Crippen MR) is 91.6 cm³/mol. The summed E-state index contributed by atoms with van der Waals surface area (Å²) >= 11 is 0. The van der Waals surface area contributed by atoms with Crippen LogP contribution in [0.5, 0.6) is 0 Å². The van der Waals surface area contributed by atoms with Crippen LogP contribution in [0.15, 0.2) is 48.8 Å². The molecular weight excluding hydrogens is 321 g/mol. The second-order valence-electron chi connectivity index (χ2n) is 6.19. The van der Waals surface area contributed by atoms with Crippen LogP contribution in [0.25, 0.3) is 0 Å². The Bertz CT molecular complexity index is 751. The molecular formula is C19H20FN3O2. The fourth-order valence-corrected chi connectivity index (χ4v) is 3.06. The van der Waals surface area contributed by atoms with Crippen LogP contribution in [0.3, 0.4) is 0 Å². The van der Waals surface area contributed by atoms with Crippen LogP contribution in [0.1, 0.15) is 33.6 Å². The molecule has 0 aliphatic carbocycles. The first kappa shape index (κ1) is 17.1. The number of rotatable bonds is 4. The maximum Gasteiger partial charge on any atom is 0.256 e. The number of halogens is 1. The smallest absolute Gasteiger partial charge is 0.256 e. The van der Waals surface area contributed by atoms with E-state index in [9.17, 15) is 14.0 Å². The number of carbonyl (C=O) groups is 2. The van der Waals surface area contributed by atoms with Crippen LogP contribution in [-0.2, 0) is 0 Å². The van der Waals surface area contributed by atoms with Gasteiger partial charge >= 0.3 is 0 Å². The molecule has 6 heteroatoms. The Labute approximate surface area is 145 Å². The van der Waals surface area contributed by atoms with E-state index < -0.39 is 5.82 Å². The second-order valence-corrected chi connectivity index (χ2v) is 6.19. The summed E-state index contributed by atoms with van der Waals surface area (Å²) in [5, 5.41) is 2.92. The van der Waals surface area contributed by atoms with Gasteiger partial charge in [0, 0.05) is 31.4 Å². The van der Waals surface area contributed by atoms with Gasteiger partial charge in [0.25, 0.3) is 11.8 Å². The molecule has 0 radical (unpaired) electrons. The van der Waals surface area contributed by atoms with Crippen molar-refractivity contribution in [3.8, 4) is 0 Å². The van der Waals surface area contributed by atoms with E-state index in [0.717, 1.165) is 19.0 Å². The summed E-state index contributed by atoms with van der Waals surface area (Å²) in [6.07, 6.45) is 4.23. The quantitative estimate of drug-likeness (QED) is 0.929. The van der Waals surface area contributed by atoms with Crippen LogP contribution in [0.4, 0.5) is 4.39 Å². The maximum absolute atomic E-state index is 13.8. The molecule has 1 N–H and O–H groups in total. The number of pyridine rings is 1. The number of hydrogen-bond acceptors (Lipinski definition) is 3. The Kier molecular flexibility index (Phi) is 5.38. The Morgan fingerprint density at radius 1 is 1.24 bits per heavy atom. The van der Waals surface area contributed by atoms with E-state index in [1.807, 2.05) is 18.2 Å². The molecule has 1 aliphatic rings. The third-order valence-electron chi connectivity index (χ3n) is 4.40. The monoisotopic (exact) mass is 341 g/mol. The molecule has 3 rings (SSSR count). The summed E-state index contributed by atoms with van der Waals surface area (Å²) in [4.78, 5) is 29.9. The zero-order valence-corrected chi connectivity index (χ0v) is 13.8. The molecule has 1 saturated heterocycles. The van der Waals surface area contributed by atoms with Crippen molar-refractivity contribution in [2.45, 2.75) is 12.8 Å². The number of nitrogens with zero attached hydrogens (tertiary/aromatic N) is 2. The third kappa shape index (κ3) is 4.21. The van der Waals surface area contributed by atoms with Crippen molar-refractivity contribution < 1.29 is 14.0 Å². The van der Waals surface area contributed by atoms with Crippen LogP contribution >= 0.6 is 0 Å². The number of benzene rings is 1. The summed E-state index contributed by atoms with van der Waals surface area (Å²) in [6, 6.07) is 10.4. The van der Waals surface area contributed by atoms with Crippen molar-refractivity contribution in [2.24, 2.45) is 5.92 Å². The molecule has 1 fully saturated rings. The first-order valence-electron chi connectivity index (χ1n) is 8.37. The highest BCUT2D eigenvalue weighted by atomic mass is 19.1. The van der Waals surface area contributed by atoms with Crippen molar-refractivity contribution in [3.05, 3.63) is 65.7 Å². The van der Waals surface area contributed by atoms with Crippen LogP contribution in [0.2, 0.25) is 0 Å². The van der Waals surface area contributed by atoms with E-state index in [-0.39, 0.29) is 23.3 Å². The highest BCUT2D eigenvalue weighted by molar-refractivity contribution is 5.95. The molecule has 1 aliphatic heterocycles. The fourth-order valence-electron chi connectivity index (χ4n) is 3.06. The highest BCUT2D eigenvalue weighted by Gasteiger charge is 2.26. The molecule has 0 bridgehead atoms. The largest absolute Gasteiger partial charge is 0.352 e. The summed E-state index contributed by atoms with van der Waals surface area (Å²) < 4.78 is 13.8. The van der Waals surface area contributed by atoms with Crippen molar-refractivity contribution in [1.29, 1.82) is 0 Å². The molecule has 2 heterocycles. The van der Waals surface area contributed by atoms with Gasteiger partial charge in [0.05, 0.1) is 11.8 Å². The number of amides is 2. The average Bonchev–Trinajstić information content (AvgIpc) is 2.67. The minimum atomic E-state index is -0.605. The normalized spacial score (nSPS) is 17.2. The van der Waals surface area contributed by atoms with Gasteiger partial charge in [0.1, 0.15) is 0 Å². The molecule has 0 unspecified atom stereocenters. The number of aromatic nitrogens is 1. The topological polar surface area (TPSA) is 62.3 Å². The van der Waals surface area contributed by atoms with Gasteiger partial charge in [-0.05, 0) is 37.0 Å². The molecule has 130 valence electrons.